The molecule has 2 N–H and O–H groups in total. The number of hydrogen-bond acceptors (Lipinski definition) is 4. The molecule has 6 heteroatoms. The molecule has 0 bridgehead atoms. The van der Waals surface area contributed by atoms with E-state index in [2.05, 4.69) is 36.4 Å². The van der Waals surface area contributed by atoms with Crippen molar-refractivity contribution < 1.29 is 14.0 Å². The standard InChI is InChI=1S/C19H33N3O3/c1-12(2)15(9-11-20-16(23)8-10-19(5,6)7)22-18(24)17-13(3)25-14(4)21-17/h12,15H,8-11H2,1-7H3,(H,20,23)(H,22,24)/t15-/m1/s1. The van der Waals surface area contributed by atoms with Crippen LogP contribution in [0.15, 0.2) is 4.42 Å². The van der Waals surface area contributed by atoms with E-state index in [-0.39, 0.29) is 29.2 Å². The summed E-state index contributed by atoms with van der Waals surface area (Å²) in [4.78, 5) is 28.4. The summed E-state index contributed by atoms with van der Waals surface area (Å²) in [6, 6.07) is -0.0353. The van der Waals surface area contributed by atoms with Gasteiger partial charge in [-0.25, -0.2) is 4.98 Å². The van der Waals surface area contributed by atoms with E-state index in [4.69, 9.17) is 4.42 Å². The first-order valence-corrected chi connectivity index (χ1v) is 9.01. The zero-order valence-corrected chi connectivity index (χ0v) is 16.7. The first kappa shape index (κ1) is 21.2. The molecule has 0 aliphatic rings. The van der Waals surface area contributed by atoms with Crippen LogP contribution < -0.4 is 10.6 Å². The third kappa shape index (κ3) is 7.71. The van der Waals surface area contributed by atoms with Gasteiger partial charge in [0.05, 0.1) is 0 Å². The van der Waals surface area contributed by atoms with Crippen molar-refractivity contribution in [2.24, 2.45) is 11.3 Å². The minimum atomic E-state index is -0.230. The maximum atomic E-state index is 12.4. The molecule has 0 spiro atoms. The summed E-state index contributed by atoms with van der Waals surface area (Å²) in [5.41, 5.74) is 0.483. The van der Waals surface area contributed by atoms with Gasteiger partial charge in [-0.15, -0.1) is 0 Å². The minimum absolute atomic E-state index is 0.0353. The average molecular weight is 351 g/mol. The van der Waals surface area contributed by atoms with Gasteiger partial charge in [0.25, 0.3) is 5.91 Å². The zero-order chi connectivity index (χ0) is 19.2. The van der Waals surface area contributed by atoms with Crippen molar-refractivity contribution >= 4 is 11.8 Å². The molecule has 0 aliphatic heterocycles. The number of nitrogens with one attached hydrogen (secondary N) is 2. The van der Waals surface area contributed by atoms with Crippen LogP contribution in [0.3, 0.4) is 0 Å². The van der Waals surface area contributed by atoms with Crippen molar-refractivity contribution in [3.05, 3.63) is 17.3 Å². The van der Waals surface area contributed by atoms with Crippen molar-refractivity contribution in [1.82, 2.24) is 15.6 Å². The number of aromatic nitrogens is 1. The Morgan fingerprint density at radius 2 is 1.84 bits per heavy atom. The number of amides is 2. The Labute approximate surface area is 151 Å². The second kappa shape index (κ2) is 9.02. The van der Waals surface area contributed by atoms with Gasteiger partial charge in [-0.3, -0.25) is 9.59 Å². The van der Waals surface area contributed by atoms with Gasteiger partial charge in [0.15, 0.2) is 11.6 Å². The van der Waals surface area contributed by atoms with E-state index in [9.17, 15) is 9.59 Å². The lowest BCUT2D eigenvalue weighted by molar-refractivity contribution is -0.121. The summed E-state index contributed by atoms with van der Waals surface area (Å²) < 4.78 is 5.32. The second-order valence-electron chi connectivity index (χ2n) is 8.16. The molecule has 0 aromatic carbocycles. The average Bonchev–Trinajstić information content (AvgIpc) is 2.82. The zero-order valence-electron chi connectivity index (χ0n) is 16.7. The Morgan fingerprint density at radius 1 is 1.20 bits per heavy atom. The van der Waals surface area contributed by atoms with Crippen LogP contribution in [0.5, 0.6) is 0 Å². The molecule has 0 unspecified atom stereocenters. The molecule has 142 valence electrons. The topological polar surface area (TPSA) is 84.2 Å². The third-order valence-electron chi connectivity index (χ3n) is 4.12. The normalized spacial score (nSPS) is 13.0. The molecule has 1 atom stereocenters. The number of aryl methyl sites for hydroxylation is 2. The summed E-state index contributed by atoms with van der Waals surface area (Å²) >= 11 is 0. The van der Waals surface area contributed by atoms with Crippen LogP contribution in [-0.2, 0) is 4.79 Å². The smallest absolute Gasteiger partial charge is 0.273 e. The van der Waals surface area contributed by atoms with Gasteiger partial charge in [-0.05, 0) is 31.1 Å². The number of carbonyl (C=O) groups is 2. The Morgan fingerprint density at radius 3 is 2.32 bits per heavy atom. The molecule has 1 rings (SSSR count). The molecule has 1 aromatic rings. The summed E-state index contributed by atoms with van der Waals surface area (Å²) in [5.74, 6) is 1.09. The lowest BCUT2D eigenvalue weighted by Gasteiger charge is -2.22. The summed E-state index contributed by atoms with van der Waals surface area (Å²) in [7, 11) is 0. The summed E-state index contributed by atoms with van der Waals surface area (Å²) in [6.07, 6.45) is 2.06. The predicted octanol–water partition coefficient (Wildman–Crippen LogP) is 3.38. The highest BCUT2D eigenvalue weighted by Crippen LogP contribution is 2.20. The van der Waals surface area contributed by atoms with Crippen LogP contribution in [0, 0.1) is 25.2 Å². The highest BCUT2D eigenvalue weighted by atomic mass is 16.4. The summed E-state index contributed by atoms with van der Waals surface area (Å²) in [6.45, 7) is 14.5. The quantitative estimate of drug-likeness (QED) is 0.752. The Bertz CT molecular complexity index is 585. The second-order valence-corrected chi connectivity index (χ2v) is 8.16. The van der Waals surface area contributed by atoms with Crippen LogP contribution in [0.2, 0.25) is 0 Å². The number of carbonyl (C=O) groups excluding carboxylic acids is 2. The van der Waals surface area contributed by atoms with Gasteiger partial charge in [0.2, 0.25) is 5.91 Å². The van der Waals surface area contributed by atoms with Crippen molar-refractivity contribution in [3.8, 4) is 0 Å². The Hall–Kier alpha value is -1.85. The molecular formula is C19H33N3O3. The molecular weight excluding hydrogens is 318 g/mol. The van der Waals surface area contributed by atoms with Crippen LogP contribution in [0.1, 0.15) is 76.0 Å². The molecule has 0 saturated carbocycles. The first-order chi connectivity index (χ1) is 11.5. The van der Waals surface area contributed by atoms with E-state index in [0.717, 1.165) is 6.42 Å². The van der Waals surface area contributed by atoms with Gasteiger partial charge >= 0.3 is 0 Å². The number of hydrogen-bond donors (Lipinski definition) is 2. The SMILES string of the molecule is Cc1nc(C(=O)N[C@H](CCNC(=O)CCC(C)(C)C)C(C)C)c(C)o1. The van der Waals surface area contributed by atoms with Crippen molar-refractivity contribution in [1.29, 1.82) is 0 Å². The van der Waals surface area contributed by atoms with Gasteiger partial charge in [0.1, 0.15) is 5.76 Å². The molecule has 25 heavy (non-hydrogen) atoms. The van der Waals surface area contributed by atoms with Crippen LogP contribution in [0.4, 0.5) is 0 Å². The van der Waals surface area contributed by atoms with Crippen molar-refractivity contribution in [2.75, 3.05) is 6.54 Å². The van der Waals surface area contributed by atoms with E-state index in [1.165, 1.54) is 0 Å². The van der Waals surface area contributed by atoms with E-state index in [1.807, 2.05) is 13.8 Å². The van der Waals surface area contributed by atoms with E-state index >= 15 is 0 Å². The molecule has 1 heterocycles. The monoisotopic (exact) mass is 351 g/mol. The maximum absolute atomic E-state index is 12.4. The van der Waals surface area contributed by atoms with E-state index in [1.54, 1.807) is 13.8 Å². The van der Waals surface area contributed by atoms with Gasteiger partial charge in [0, 0.05) is 25.9 Å². The Balaban J connectivity index is 2.48. The molecule has 2 amide bonds. The molecule has 1 aromatic heterocycles. The van der Waals surface area contributed by atoms with Crippen molar-refractivity contribution in [2.45, 2.75) is 73.8 Å². The molecule has 0 radical (unpaired) electrons. The van der Waals surface area contributed by atoms with Gasteiger partial charge < -0.3 is 15.1 Å². The van der Waals surface area contributed by atoms with Gasteiger partial charge in [-0.1, -0.05) is 34.6 Å². The fraction of sp³-hybridized carbons (Fsp3) is 0.737. The number of nitrogens with zero attached hydrogens (tertiary/aromatic N) is 1. The highest BCUT2D eigenvalue weighted by Gasteiger charge is 2.21. The fourth-order valence-corrected chi connectivity index (χ4v) is 2.49. The lowest BCUT2D eigenvalue weighted by Crippen LogP contribution is -2.41. The number of oxazole rings is 1. The Kier molecular flexibility index (Phi) is 7.64. The summed E-state index contributed by atoms with van der Waals surface area (Å²) in [5, 5.41) is 5.95. The number of rotatable bonds is 8. The van der Waals surface area contributed by atoms with Gasteiger partial charge in [-0.2, -0.15) is 0 Å². The highest BCUT2D eigenvalue weighted by molar-refractivity contribution is 5.93. The lowest BCUT2D eigenvalue weighted by atomic mass is 9.90. The third-order valence-corrected chi connectivity index (χ3v) is 4.12. The molecule has 0 saturated heterocycles. The van der Waals surface area contributed by atoms with Crippen LogP contribution in [-0.4, -0.2) is 29.4 Å². The van der Waals surface area contributed by atoms with E-state index < -0.39 is 0 Å². The molecule has 0 aliphatic carbocycles. The van der Waals surface area contributed by atoms with Crippen LogP contribution >= 0.6 is 0 Å². The maximum Gasteiger partial charge on any atom is 0.273 e. The molecule has 6 nitrogen and oxygen atoms in total. The van der Waals surface area contributed by atoms with E-state index in [0.29, 0.717) is 36.7 Å². The largest absolute Gasteiger partial charge is 0.445 e. The van der Waals surface area contributed by atoms with Crippen LogP contribution in [0.25, 0.3) is 0 Å². The minimum Gasteiger partial charge on any atom is -0.445 e. The van der Waals surface area contributed by atoms with Crippen molar-refractivity contribution in [3.63, 3.8) is 0 Å². The predicted molar refractivity (Wildman–Crippen MR) is 98.4 cm³/mol. The molecule has 0 fully saturated rings. The fourth-order valence-electron chi connectivity index (χ4n) is 2.49. The first-order valence-electron chi connectivity index (χ1n) is 9.01.